The molecule has 0 atom stereocenters. The molecule has 0 saturated carbocycles. The highest BCUT2D eigenvalue weighted by Crippen LogP contribution is 2.12. The summed E-state index contributed by atoms with van der Waals surface area (Å²) >= 11 is 0. The smallest absolute Gasteiger partial charge is 0.297 e. The summed E-state index contributed by atoms with van der Waals surface area (Å²) in [6.07, 6.45) is 0. The van der Waals surface area contributed by atoms with Gasteiger partial charge in [0.2, 0.25) is 0 Å². The van der Waals surface area contributed by atoms with E-state index in [2.05, 4.69) is 4.90 Å². The lowest BCUT2D eigenvalue weighted by atomic mass is 10.2. The molecule has 16 nitrogen and oxygen atoms in total. The van der Waals surface area contributed by atoms with Gasteiger partial charge in [0.05, 0.1) is 170 Å². The zero-order valence-electron chi connectivity index (χ0n) is 31.7. The van der Waals surface area contributed by atoms with Crippen molar-refractivity contribution < 1.29 is 69.4 Å². The van der Waals surface area contributed by atoms with Crippen molar-refractivity contribution in [2.75, 3.05) is 186 Å². The number of ether oxygens (including phenoxy) is 12. The summed E-state index contributed by atoms with van der Waals surface area (Å²) < 4.78 is 94.6. The van der Waals surface area contributed by atoms with E-state index in [1.54, 1.807) is 12.1 Å². The van der Waals surface area contributed by atoms with E-state index in [1.807, 2.05) is 21.0 Å². The van der Waals surface area contributed by atoms with E-state index in [0.717, 1.165) is 12.1 Å². The van der Waals surface area contributed by atoms with Crippen LogP contribution in [0.25, 0.3) is 0 Å². The van der Waals surface area contributed by atoms with E-state index in [9.17, 15) is 8.42 Å². The average molecular weight is 772 g/mol. The van der Waals surface area contributed by atoms with Crippen molar-refractivity contribution in [3.63, 3.8) is 0 Å². The molecule has 0 aromatic heterocycles. The highest BCUT2D eigenvalue weighted by atomic mass is 32.2. The van der Waals surface area contributed by atoms with Crippen molar-refractivity contribution in [2.24, 2.45) is 0 Å². The molecule has 306 valence electrons. The Hall–Kier alpha value is -1.39. The standard InChI is InChI=1S/C35H65NO15S/c1-34-4-6-35(7-5-34)52(37,38)51-33-32-50-31-30-49-29-28-48-27-26-47-25-24-46-23-22-45-21-20-44-19-18-43-17-16-42-15-14-41-13-12-40-11-10-39-9-8-36(2)3/h4-7H,8-33H2,1-3H3. The van der Waals surface area contributed by atoms with Gasteiger partial charge in [-0.25, -0.2) is 0 Å². The topological polar surface area (TPSA) is 157 Å². The molecule has 17 heteroatoms. The number of hydrogen-bond donors (Lipinski definition) is 0. The number of hydrogen-bond acceptors (Lipinski definition) is 16. The van der Waals surface area contributed by atoms with Gasteiger partial charge in [-0.1, -0.05) is 17.7 Å². The van der Waals surface area contributed by atoms with Crippen LogP contribution in [0.15, 0.2) is 29.2 Å². The quantitative estimate of drug-likeness (QED) is 0.0696. The van der Waals surface area contributed by atoms with E-state index in [4.69, 9.17) is 61.0 Å². The number of aryl methyl sites for hydroxylation is 1. The normalized spacial score (nSPS) is 12.0. The first kappa shape index (κ1) is 48.6. The molecule has 0 saturated heterocycles. The van der Waals surface area contributed by atoms with Crippen molar-refractivity contribution in [1.29, 1.82) is 0 Å². The molecule has 0 unspecified atom stereocenters. The van der Waals surface area contributed by atoms with Gasteiger partial charge in [-0.3, -0.25) is 4.18 Å². The SMILES string of the molecule is Cc1ccc(S(=O)(=O)OCCOCCOCCOCCOCCOCCOCCOCCOCCOCCOCCOCCOCCN(C)C)cc1. The lowest BCUT2D eigenvalue weighted by molar-refractivity contribution is -0.0285. The number of nitrogens with zero attached hydrogens (tertiary/aromatic N) is 1. The Morgan fingerprint density at radius 3 is 0.865 bits per heavy atom. The van der Waals surface area contributed by atoms with Gasteiger partial charge in [-0.05, 0) is 33.2 Å². The van der Waals surface area contributed by atoms with E-state index < -0.39 is 10.1 Å². The maximum atomic E-state index is 12.1. The van der Waals surface area contributed by atoms with Crippen LogP contribution in [0, 0.1) is 6.92 Å². The minimum atomic E-state index is -3.78. The Morgan fingerprint density at radius 2 is 0.615 bits per heavy atom. The number of rotatable bonds is 41. The van der Waals surface area contributed by atoms with Crippen LogP contribution in [0.2, 0.25) is 0 Å². The second-order valence-electron chi connectivity index (χ2n) is 11.2. The maximum absolute atomic E-state index is 12.1. The fourth-order valence-electron chi connectivity index (χ4n) is 3.74. The van der Waals surface area contributed by atoms with E-state index in [0.29, 0.717) is 152 Å². The molecule has 0 amide bonds. The first-order valence-electron chi connectivity index (χ1n) is 18.0. The summed E-state index contributed by atoms with van der Waals surface area (Å²) in [6, 6.07) is 6.48. The highest BCUT2D eigenvalue weighted by molar-refractivity contribution is 7.86. The largest absolute Gasteiger partial charge is 0.378 e. The summed E-state index contributed by atoms with van der Waals surface area (Å²) in [5.74, 6) is 0. The molecule has 0 aliphatic carbocycles. The Balaban J connectivity index is 1.66. The van der Waals surface area contributed by atoms with Gasteiger partial charge < -0.3 is 61.7 Å². The molecule has 0 aliphatic rings. The third kappa shape index (κ3) is 33.2. The third-order valence-electron chi connectivity index (χ3n) is 6.55. The van der Waals surface area contributed by atoms with Gasteiger partial charge in [-0.15, -0.1) is 0 Å². The van der Waals surface area contributed by atoms with Gasteiger partial charge >= 0.3 is 0 Å². The molecule has 1 aromatic rings. The lowest BCUT2D eigenvalue weighted by Crippen LogP contribution is -2.19. The number of likely N-dealkylation sites (N-methyl/N-ethyl adjacent to an activating group) is 1. The Labute approximate surface area is 311 Å². The molecule has 0 spiro atoms. The maximum Gasteiger partial charge on any atom is 0.297 e. The minimum absolute atomic E-state index is 0.0608. The van der Waals surface area contributed by atoms with Crippen molar-refractivity contribution >= 4 is 10.1 Å². The first-order valence-corrected chi connectivity index (χ1v) is 19.4. The Kier molecular flexibility index (Phi) is 34.2. The molecular formula is C35H65NO15S. The fraction of sp³-hybridized carbons (Fsp3) is 0.829. The molecule has 1 rings (SSSR count). The van der Waals surface area contributed by atoms with Crippen LogP contribution in [-0.4, -0.2) is 199 Å². The lowest BCUT2D eigenvalue weighted by Gasteiger charge is -2.10. The van der Waals surface area contributed by atoms with E-state index in [-0.39, 0.29) is 18.1 Å². The molecule has 1 aromatic carbocycles. The van der Waals surface area contributed by atoms with Crippen molar-refractivity contribution in [3.05, 3.63) is 29.8 Å². The van der Waals surface area contributed by atoms with Crippen LogP contribution < -0.4 is 0 Å². The van der Waals surface area contributed by atoms with Gasteiger partial charge in [0.1, 0.15) is 0 Å². The van der Waals surface area contributed by atoms with Gasteiger partial charge in [0, 0.05) is 6.54 Å². The Bertz CT molecular complexity index is 989. The second kappa shape index (κ2) is 36.6. The molecule has 0 heterocycles. The molecule has 0 radical (unpaired) electrons. The number of benzene rings is 1. The van der Waals surface area contributed by atoms with Crippen LogP contribution in [-0.2, 0) is 71.1 Å². The summed E-state index contributed by atoms with van der Waals surface area (Å²) in [7, 11) is 0.255. The van der Waals surface area contributed by atoms with Crippen molar-refractivity contribution in [1.82, 2.24) is 4.90 Å². The molecule has 0 bridgehead atoms. The van der Waals surface area contributed by atoms with Crippen molar-refractivity contribution in [2.45, 2.75) is 11.8 Å². The van der Waals surface area contributed by atoms with Gasteiger partial charge in [0.15, 0.2) is 0 Å². The average Bonchev–Trinajstić information content (AvgIpc) is 3.12. The van der Waals surface area contributed by atoms with E-state index in [1.165, 1.54) is 12.1 Å². The molecule has 0 N–H and O–H groups in total. The minimum Gasteiger partial charge on any atom is -0.378 e. The van der Waals surface area contributed by atoms with Crippen LogP contribution in [0.3, 0.4) is 0 Å². The van der Waals surface area contributed by atoms with Crippen LogP contribution in [0.5, 0.6) is 0 Å². The van der Waals surface area contributed by atoms with E-state index >= 15 is 0 Å². The zero-order chi connectivity index (χ0) is 37.6. The van der Waals surface area contributed by atoms with Crippen molar-refractivity contribution in [3.8, 4) is 0 Å². The summed E-state index contributed by atoms with van der Waals surface area (Å²) in [5.41, 5.74) is 0.974. The molecule has 0 fully saturated rings. The third-order valence-corrected chi connectivity index (χ3v) is 7.88. The predicted molar refractivity (Wildman–Crippen MR) is 193 cm³/mol. The van der Waals surface area contributed by atoms with Crippen LogP contribution >= 0.6 is 0 Å². The highest BCUT2D eigenvalue weighted by Gasteiger charge is 2.14. The van der Waals surface area contributed by atoms with Gasteiger partial charge in [-0.2, -0.15) is 8.42 Å². The molecular weight excluding hydrogens is 706 g/mol. The first-order chi connectivity index (χ1) is 25.4. The second-order valence-corrected chi connectivity index (χ2v) is 12.9. The van der Waals surface area contributed by atoms with Gasteiger partial charge in [0.25, 0.3) is 10.1 Å². The summed E-state index contributed by atoms with van der Waals surface area (Å²) in [6.45, 7) is 14.2. The summed E-state index contributed by atoms with van der Waals surface area (Å²) in [4.78, 5) is 2.21. The zero-order valence-corrected chi connectivity index (χ0v) is 32.5. The molecule has 52 heavy (non-hydrogen) atoms. The summed E-state index contributed by atoms with van der Waals surface area (Å²) in [5, 5.41) is 0. The predicted octanol–water partition coefficient (Wildman–Crippen LogP) is 1.46. The van der Waals surface area contributed by atoms with Crippen LogP contribution in [0.1, 0.15) is 5.56 Å². The van der Waals surface area contributed by atoms with Crippen LogP contribution in [0.4, 0.5) is 0 Å². The Morgan fingerprint density at radius 1 is 0.385 bits per heavy atom. The molecule has 0 aliphatic heterocycles. The monoisotopic (exact) mass is 771 g/mol. The fourth-order valence-corrected chi connectivity index (χ4v) is 4.64.